The summed E-state index contributed by atoms with van der Waals surface area (Å²) in [7, 11) is 0. The highest BCUT2D eigenvalue weighted by molar-refractivity contribution is 7.96. The highest BCUT2D eigenvalue weighted by atomic mass is 32.2. The van der Waals surface area contributed by atoms with Crippen LogP contribution in [0.4, 0.5) is 5.69 Å². The summed E-state index contributed by atoms with van der Waals surface area (Å²) < 4.78 is 4.81. The third kappa shape index (κ3) is 5.71. The first-order valence-corrected chi connectivity index (χ1v) is 8.13. The second-order valence-corrected chi connectivity index (χ2v) is 8.12. The molecule has 0 fully saturated rings. The first kappa shape index (κ1) is 18.1. The molecule has 1 amide bonds. The van der Waals surface area contributed by atoms with E-state index < -0.39 is 4.75 Å². The number of carbonyl (C=O) groups excluding carboxylic acids is 1. The fourth-order valence-electron chi connectivity index (χ4n) is 1.65. The van der Waals surface area contributed by atoms with Gasteiger partial charge in [-0.15, -0.1) is 0 Å². The lowest BCUT2D eigenvalue weighted by molar-refractivity contribution is -0.117. The van der Waals surface area contributed by atoms with Crippen LogP contribution in [0.25, 0.3) is 0 Å². The molecule has 1 rings (SSSR count). The first-order valence-electron chi connectivity index (χ1n) is 7.39. The van der Waals surface area contributed by atoms with Gasteiger partial charge in [-0.2, -0.15) is 0 Å². The lowest BCUT2D eigenvalue weighted by Crippen LogP contribution is -2.34. The van der Waals surface area contributed by atoms with Gasteiger partial charge < -0.3 is 9.50 Å². The molecule has 0 aromatic heterocycles. The van der Waals surface area contributed by atoms with Crippen molar-refractivity contribution in [2.75, 3.05) is 11.9 Å². The van der Waals surface area contributed by atoms with Crippen LogP contribution in [0, 0.1) is 0 Å². The van der Waals surface area contributed by atoms with Crippen molar-refractivity contribution in [1.29, 1.82) is 0 Å². The summed E-state index contributed by atoms with van der Waals surface area (Å²) in [4.78, 5) is 12.3. The van der Waals surface area contributed by atoms with Crippen LogP contribution >= 0.6 is 12.0 Å². The smallest absolute Gasteiger partial charge is 0.242 e. The second kappa shape index (κ2) is 7.32. The summed E-state index contributed by atoms with van der Waals surface area (Å²) in [5.74, 6) is -0.0490. The van der Waals surface area contributed by atoms with Gasteiger partial charge in [0.25, 0.3) is 0 Å². The normalized spacial score (nSPS) is 12.3. The zero-order chi connectivity index (χ0) is 16.1. The molecule has 0 aliphatic heterocycles. The molecule has 118 valence electrons. The van der Waals surface area contributed by atoms with Gasteiger partial charge in [0, 0.05) is 17.7 Å². The number of hydrogen-bond donors (Lipinski definition) is 1. The first-order chi connectivity index (χ1) is 9.66. The lowest BCUT2D eigenvalue weighted by Gasteiger charge is -2.23. The summed E-state index contributed by atoms with van der Waals surface area (Å²) in [6, 6.07) is 8.02. The Morgan fingerprint density at radius 1 is 1.14 bits per heavy atom. The fourth-order valence-corrected chi connectivity index (χ4v) is 2.32. The van der Waals surface area contributed by atoms with Gasteiger partial charge >= 0.3 is 0 Å². The van der Waals surface area contributed by atoms with Crippen molar-refractivity contribution < 1.29 is 8.98 Å². The maximum absolute atomic E-state index is 12.3. The van der Waals surface area contributed by atoms with Gasteiger partial charge in [0.05, 0.1) is 6.61 Å². The molecule has 0 heterocycles. The SMILES string of the molecule is CCCOSC(C)(C)C(=O)Nc1ccc(C(C)(C)C)cc1. The van der Waals surface area contributed by atoms with Crippen molar-refractivity contribution in [3.63, 3.8) is 0 Å². The molecule has 21 heavy (non-hydrogen) atoms. The monoisotopic (exact) mass is 309 g/mol. The van der Waals surface area contributed by atoms with Crippen molar-refractivity contribution >= 4 is 23.6 Å². The highest BCUT2D eigenvalue weighted by Crippen LogP contribution is 2.28. The van der Waals surface area contributed by atoms with E-state index in [9.17, 15) is 4.79 Å². The van der Waals surface area contributed by atoms with Crippen LogP contribution < -0.4 is 5.32 Å². The summed E-state index contributed by atoms with van der Waals surface area (Å²) in [5.41, 5.74) is 2.18. The van der Waals surface area contributed by atoms with Crippen LogP contribution in [0.2, 0.25) is 0 Å². The van der Waals surface area contributed by atoms with Crippen molar-refractivity contribution in [2.45, 2.75) is 58.1 Å². The van der Waals surface area contributed by atoms with Gasteiger partial charge in [-0.1, -0.05) is 39.8 Å². The van der Waals surface area contributed by atoms with Crippen molar-refractivity contribution in [1.82, 2.24) is 0 Å². The zero-order valence-corrected chi connectivity index (χ0v) is 14.8. The molecule has 1 aromatic carbocycles. The summed E-state index contributed by atoms with van der Waals surface area (Å²) in [6.07, 6.45) is 0.943. The van der Waals surface area contributed by atoms with Crippen LogP contribution in [0.15, 0.2) is 24.3 Å². The zero-order valence-electron chi connectivity index (χ0n) is 13.9. The Kier molecular flexibility index (Phi) is 6.29. The number of anilines is 1. The molecule has 0 aliphatic carbocycles. The Morgan fingerprint density at radius 3 is 2.19 bits per heavy atom. The molecule has 0 aliphatic rings. The van der Waals surface area contributed by atoms with E-state index in [0.29, 0.717) is 6.61 Å². The maximum Gasteiger partial charge on any atom is 0.242 e. The largest absolute Gasteiger partial charge is 0.325 e. The van der Waals surface area contributed by atoms with Gasteiger partial charge in [0.1, 0.15) is 4.75 Å². The van der Waals surface area contributed by atoms with Gasteiger partial charge in [0.15, 0.2) is 0 Å². The van der Waals surface area contributed by atoms with E-state index in [4.69, 9.17) is 4.18 Å². The predicted octanol–water partition coefficient (Wildman–Crippen LogP) is 4.78. The summed E-state index contributed by atoms with van der Waals surface area (Å²) in [5, 5.41) is 2.95. The van der Waals surface area contributed by atoms with E-state index in [-0.39, 0.29) is 11.3 Å². The summed E-state index contributed by atoms with van der Waals surface area (Å²) in [6.45, 7) is 13.0. The van der Waals surface area contributed by atoms with E-state index in [2.05, 4.69) is 38.2 Å². The predicted molar refractivity (Wildman–Crippen MR) is 91.7 cm³/mol. The molecule has 0 saturated carbocycles. The van der Waals surface area contributed by atoms with E-state index in [0.717, 1.165) is 12.1 Å². The van der Waals surface area contributed by atoms with Crippen LogP contribution in [-0.2, 0) is 14.4 Å². The molecule has 4 heteroatoms. The summed E-state index contributed by atoms with van der Waals surface area (Å²) >= 11 is 1.23. The lowest BCUT2D eigenvalue weighted by atomic mass is 9.87. The quantitative estimate of drug-likeness (QED) is 0.607. The molecule has 0 unspecified atom stereocenters. The van der Waals surface area contributed by atoms with Gasteiger partial charge in [-0.05, 0) is 43.4 Å². The Labute approximate surface area is 133 Å². The average Bonchev–Trinajstić information content (AvgIpc) is 2.38. The minimum Gasteiger partial charge on any atom is -0.325 e. The van der Waals surface area contributed by atoms with Crippen LogP contribution in [-0.4, -0.2) is 17.3 Å². The van der Waals surface area contributed by atoms with Gasteiger partial charge in [-0.3, -0.25) is 4.79 Å². The van der Waals surface area contributed by atoms with Crippen LogP contribution in [0.3, 0.4) is 0 Å². The third-order valence-electron chi connectivity index (χ3n) is 3.11. The molecular weight excluding hydrogens is 282 g/mol. The van der Waals surface area contributed by atoms with E-state index >= 15 is 0 Å². The number of hydrogen-bond acceptors (Lipinski definition) is 3. The maximum atomic E-state index is 12.3. The van der Waals surface area contributed by atoms with Crippen molar-refractivity contribution in [3.8, 4) is 0 Å². The van der Waals surface area contributed by atoms with E-state index in [1.54, 1.807) is 0 Å². The van der Waals surface area contributed by atoms with Crippen molar-refractivity contribution in [3.05, 3.63) is 29.8 Å². The number of rotatable bonds is 6. The molecule has 1 N–H and O–H groups in total. The molecule has 0 saturated heterocycles. The van der Waals surface area contributed by atoms with Crippen molar-refractivity contribution in [2.24, 2.45) is 0 Å². The van der Waals surface area contributed by atoms with Crippen LogP contribution in [0.5, 0.6) is 0 Å². The minimum atomic E-state index is -0.613. The minimum absolute atomic E-state index is 0.0490. The Morgan fingerprint density at radius 2 is 1.71 bits per heavy atom. The molecular formula is C17H27NO2S. The molecule has 3 nitrogen and oxygen atoms in total. The fraction of sp³-hybridized carbons (Fsp3) is 0.588. The number of benzene rings is 1. The Bertz CT molecular complexity index is 461. The molecule has 0 bridgehead atoms. The van der Waals surface area contributed by atoms with Crippen LogP contribution in [0.1, 0.15) is 53.5 Å². The topological polar surface area (TPSA) is 38.3 Å². The van der Waals surface area contributed by atoms with E-state index in [1.165, 1.54) is 17.6 Å². The standard InChI is InChI=1S/C17H27NO2S/c1-7-12-20-21-17(5,6)15(19)18-14-10-8-13(9-11-14)16(2,3)4/h8-11H,7,12H2,1-6H3,(H,18,19). The second-order valence-electron chi connectivity index (χ2n) is 6.70. The van der Waals surface area contributed by atoms with E-state index in [1.807, 2.05) is 32.9 Å². The Balaban J connectivity index is 2.66. The molecule has 0 radical (unpaired) electrons. The number of amides is 1. The van der Waals surface area contributed by atoms with Gasteiger partial charge in [-0.25, -0.2) is 0 Å². The molecule has 0 spiro atoms. The Hall–Kier alpha value is -1.00. The average molecular weight is 309 g/mol. The molecule has 0 atom stereocenters. The third-order valence-corrected chi connectivity index (χ3v) is 4.00. The van der Waals surface area contributed by atoms with Gasteiger partial charge in [0.2, 0.25) is 5.91 Å². The number of carbonyl (C=O) groups is 1. The highest BCUT2D eigenvalue weighted by Gasteiger charge is 2.29. The number of nitrogens with one attached hydrogen (secondary N) is 1. The molecule has 1 aromatic rings.